The molecule has 1 amide bonds. The maximum atomic E-state index is 10.6. The fourth-order valence-electron chi connectivity index (χ4n) is 0.932. The molecule has 0 aromatic heterocycles. The molecule has 0 aliphatic rings. The SMILES string of the molecule is CC(=O)N[C@@H](C=O)[C@@H](O)[C@@H](O)[C@H](C)O. The van der Waals surface area contributed by atoms with Gasteiger partial charge in [-0.05, 0) is 6.92 Å². The summed E-state index contributed by atoms with van der Waals surface area (Å²) >= 11 is 0. The van der Waals surface area contributed by atoms with Crippen LogP contribution in [-0.4, -0.2) is 51.9 Å². The molecule has 6 heteroatoms. The monoisotopic (exact) mass is 205 g/mol. The minimum atomic E-state index is -1.52. The Labute approximate surface area is 81.5 Å². The first-order valence-electron chi connectivity index (χ1n) is 4.16. The van der Waals surface area contributed by atoms with Gasteiger partial charge in [0.05, 0.1) is 6.10 Å². The van der Waals surface area contributed by atoms with Crippen LogP contribution >= 0.6 is 0 Å². The number of rotatable bonds is 5. The van der Waals surface area contributed by atoms with E-state index < -0.39 is 30.3 Å². The molecule has 0 saturated carbocycles. The number of aliphatic hydroxyl groups excluding tert-OH is 3. The second kappa shape index (κ2) is 5.69. The molecular formula is C8H15NO5. The van der Waals surface area contributed by atoms with E-state index in [0.29, 0.717) is 6.29 Å². The van der Waals surface area contributed by atoms with Gasteiger partial charge in [0.2, 0.25) is 5.91 Å². The first kappa shape index (κ1) is 13.0. The summed E-state index contributed by atoms with van der Waals surface area (Å²) in [6.45, 7) is 2.45. The molecule has 0 heterocycles. The lowest BCUT2D eigenvalue weighted by molar-refractivity contribution is -0.128. The van der Waals surface area contributed by atoms with E-state index in [-0.39, 0.29) is 0 Å². The molecule has 14 heavy (non-hydrogen) atoms. The zero-order valence-electron chi connectivity index (χ0n) is 8.04. The van der Waals surface area contributed by atoms with E-state index in [9.17, 15) is 19.8 Å². The average molecular weight is 205 g/mol. The molecule has 0 saturated heterocycles. The molecule has 0 aliphatic heterocycles. The number of amides is 1. The number of nitrogens with one attached hydrogen (secondary N) is 1. The zero-order valence-corrected chi connectivity index (χ0v) is 8.04. The Hall–Kier alpha value is -0.980. The number of aliphatic hydroxyl groups is 3. The molecule has 0 aliphatic carbocycles. The third kappa shape index (κ3) is 3.82. The van der Waals surface area contributed by atoms with Crippen LogP contribution in [0.25, 0.3) is 0 Å². The maximum absolute atomic E-state index is 10.6. The Morgan fingerprint density at radius 2 is 1.79 bits per heavy atom. The van der Waals surface area contributed by atoms with Crippen LogP contribution in [0.2, 0.25) is 0 Å². The highest BCUT2D eigenvalue weighted by Gasteiger charge is 2.29. The minimum absolute atomic E-state index is 0.303. The van der Waals surface area contributed by atoms with Crippen molar-refractivity contribution in [3.05, 3.63) is 0 Å². The summed E-state index contributed by atoms with van der Waals surface area (Å²) in [5.74, 6) is -0.501. The largest absolute Gasteiger partial charge is 0.391 e. The molecule has 0 bridgehead atoms. The summed E-state index contributed by atoms with van der Waals surface area (Å²) in [6, 6.07) is -1.21. The molecule has 82 valence electrons. The van der Waals surface area contributed by atoms with Gasteiger partial charge in [-0.25, -0.2) is 0 Å². The van der Waals surface area contributed by atoms with Crippen molar-refractivity contribution in [1.29, 1.82) is 0 Å². The van der Waals surface area contributed by atoms with Gasteiger partial charge in [-0.2, -0.15) is 0 Å². The molecule has 0 rings (SSSR count). The Balaban J connectivity index is 4.36. The first-order valence-corrected chi connectivity index (χ1v) is 4.16. The lowest BCUT2D eigenvalue weighted by Gasteiger charge is -2.24. The van der Waals surface area contributed by atoms with E-state index in [4.69, 9.17) is 5.11 Å². The molecule has 0 spiro atoms. The van der Waals surface area contributed by atoms with E-state index in [0.717, 1.165) is 0 Å². The Kier molecular flexibility index (Phi) is 5.29. The normalized spacial score (nSPS) is 19.2. The molecular weight excluding hydrogens is 190 g/mol. The predicted molar refractivity (Wildman–Crippen MR) is 47.4 cm³/mol. The Morgan fingerprint density at radius 1 is 1.29 bits per heavy atom. The van der Waals surface area contributed by atoms with Crippen LogP contribution < -0.4 is 5.32 Å². The average Bonchev–Trinajstić information content (AvgIpc) is 2.11. The molecule has 0 fully saturated rings. The summed E-state index contributed by atoms with van der Waals surface area (Å²) in [5.41, 5.74) is 0. The van der Waals surface area contributed by atoms with Crippen LogP contribution in [0.15, 0.2) is 0 Å². The highest BCUT2D eigenvalue weighted by atomic mass is 16.4. The predicted octanol–water partition coefficient (Wildman–Crippen LogP) is -2.21. The summed E-state index contributed by atoms with van der Waals surface area (Å²) in [6.07, 6.45) is -3.87. The summed E-state index contributed by atoms with van der Waals surface area (Å²) in [4.78, 5) is 21.0. The van der Waals surface area contributed by atoms with Crippen molar-refractivity contribution in [3.8, 4) is 0 Å². The Morgan fingerprint density at radius 3 is 2.07 bits per heavy atom. The number of hydrogen-bond acceptors (Lipinski definition) is 5. The lowest BCUT2D eigenvalue weighted by Crippen LogP contribution is -2.51. The van der Waals surface area contributed by atoms with Gasteiger partial charge in [0.25, 0.3) is 0 Å². The van der Waals surface area contributed by atoms with Crippen LogP contribution in [-0.2, 0) is 9.59 Å². The van der Waals surface area contributed by atoms with Crippen LogP contribution in [0.1, 0.15) is 13.8 Å². The minimum Gasteiger partial charge on any atom is -0.391 e. The van der Waals surface area contributed by atoms with Crippen LogP contribution in [0.4, 0.5) is 0 Å². The maximum Gasteiger partial charge on any atom is 0.217 e. The van der Waals surface area contributed by atoms with Crippen molar-refractivity contribution in [2.24, 2.45) is 0 Å². The van der Waals surface area contributed by atoms with E-state index >= 15 is 0 Å². The van der Waals surface area contributed by atoms with Gasteiger partial charge < -0.3 is 25.4 Å². The third-order valence-corrected chi connectivity index (χ3v) is 1.73. The summed E-state index contributed by atoms with van der Waals surface area (Å²) in [5, 5.41) is 29.6. The van der Waals surface area contributed by atoms with Gasteiger partial charge in [0.15, 0.2) is 0 Å². The van der Waals surface area contributed by atoms with Crippen LogP contribution in [0, 0.1) is 0 Å². The second-order valence-corrected chi connectivity index (χ2v) is 3.08. The summed E-state index contributed by atoms with van der Waals surface area (Å²) < 4.78 is 0. The smallest absolute Gasteiger partial charge is 0.217 e. The van der Waals surface area contributed by atoms with Crippen LogP contribution in [0.5, 0.6) is 0 Å². The topological polar surface area (TPSA) is 107 Å². The molecule has 0 unspecified atom stereocenters. The molecule has 6 nitrogen and oxygen atoms in total. The molecule has 4 atom stereocenters. The van der Waals surface area contributed by atoms with Crippen molar-refractivity contribution in [1.82, 2.24) is 5.32 Å². The third-order valence-electron chi connectivity index (χ3n) is 1.73. The number of carbonyl (C=O) groups excluding carboxylic acids is 2. The fourth-order valence-corrected chi connectivity index (χ4v) is 0.932. The molecule has 0 aromatic rings. The number of aldehydes is 1. The van der Waals surface area contributed by atoms with E-state index in [2.05, 4.69) is 5.32 Å². The lowest BCUT2D eigenvalue weighted by atomic mass is 10.0. The van der Waals surface area contributed by atoms with Crippen molar-refractivity contribution in [3.63, 3.8) is 0 Å². The van der Waals surface area contributed by atoms with Crippen molar-refractivity contribution in [2.75, 3.05) is 0 Å². The van der Waals surface area contributed by atoms with Crippen LogP contribution in [0.3, 0.4) is 0 Å². The first-order chi connectivity index (χ1) is 6.40. The summed E-state index contributed by atoms with van der Waals surface area (Å²) in [7, 11) is 0. The van der Waals surface area contributed by atoms with Gasteiger partial charge in [-0.1, -0.05) is 0 Å². The number of hydrogen-bond donors (Lipinski definition) is 4. The fraction of sp³-hybridized carbons (Fsp3) is 0.750. The highest BCUT2D eigenvalue weighted by Crippen LogP contribution is 2.03. The van der Waals surface area contributed by atoms with E-state index in [1.54, 1.807) is 0 Å². The molecule has 0 radical (unpaired) electrons. The molecule has 0 aromatic carbocycles. The van der Waals surface area contributed by atoms with Gasteiger partial charge >= 0.3 is 0 Å². The zero-order chi connectivity index (χ0) is 11.3. The van der Waals surface area contributed by atoms with Gasteiger partial charge in [0.1, 0.15) is 24.5 Å². The second-order valence-electron chi connectivity index (χ2n) is 3.08. The van der Waals surface area contributed by atoms with E-state index in [1.165, 1.54) is 13.8 Å². The number of carbonyl (C=O) groups is 2. The quantitative estimate of drug-likeness (QED) is 0.381. The van der Waals surface area contributed by atoms with Gasteiger partial charge in [-0.15, -0.1) is 0 Å². The van der Waals surface area contributed by atoms with Crippen molar-refractivity contribution >= 4 is 12.2 Å². The molecule has 4 N–H and O–H groups in total. The standard InChI is InChI=1S/C8H15NO5/c1-4(11)7(13)8(14)6(3-10)9-5(2)12/h3-4,6-8,11,13-14H,1-2H3,(H,9,12)/t4-,6-,7-,8+/m0/s1. The van der Waals surface area contributed by atoms with Crippen molar-refractivity contribution < 1.29 is 24.9 Å². The highest BCUT2D eigenvalue weighted by molar-refractivity contribution is 5.77. The van der Waals surface area contributed by atoms with Crippen molar-refractivity contribution in [2.45, 2.75) is 38.2 Å². The van der Waals surface area contributed by atoms with Gasteiger partial charge in [0, 0.05) is 6.92 Å². The van der Waals surface area contributed by atoms with E-state index in [1.807, 2.05) is 0 Å². The Bertz CT molecular complexity index is 206. The van der Waals surface area contributed by atoms with Gasteiger partial charge in [-0.3, -0.25) is 4.79 Å².